The number of methoxy groups -OCH3 is 1. The Balaban J connectivity index is 1.70. The van der Waals surface area contributed by atoms with E-state index in [2.05, 4.69) is 15.5 Å². The average Bonchev–Trinajstić information content (AvgIpc) is 2.79. The minimum atomic E-state index is -0.461. The second kappa shape index (κ2) is 10.7. The van der Waals surface area contributed by atoms with E-state index in [0.717, 1.165) is 11.3 Å². The Morgan fingerprint density at radius 3 is 2.34 bits per heavy atom. The Morgan fingerprint density at radius 2 is 1.75 bits per heavy atom. The number of primary amides is 1. The molecule has 3 rings (SSSR count). The summed E-state index contributed by atoms with van der Waals surface area (Å²) in [5, 5.41) is 5.84. The number of rotatable bonds is 8. The Hall–Kier alpha value is -3.55. The summed E-state index contributed by atoms with van der Waals surface area (Å²) in [7, 11) is 1.58. The van der Waals surface area contributed by atoms with Gasteiger partial charge in [0.15, 0.2) is 0 Å². The molecule has 2 aromatic rings. The highest BCUT2D eigenvalue weighted by Gasteiger charge is 2.25. The molecule has 1 saturated heterocycles. The fourth-order valence-corrected chi connectivity index (χ4v) is 3.98. The van der Waals surface area contributed by atoms with Gasteiger partial charge >= 0.3 is 0 Å². The van der Waals surface area contributed by atoms with Gasteiger partial charge in [0.2, 0.25) is 17.7 Å². The van der Waals surface area contributed by atoms with Gasteiger partial charge in [0.1, 0.15) is 5.75 Å². The van der Waals surface area contributed by atoms with Gasteiger partial charge in [-0.25, -0.2) is 0 Å². The van der Waals surface area contributed by atoms with Crippen LogP contribution in [0, 0.1) is 5.92 Å². The summed E-state index contributed by atoms with van der Waals surface area (Å²) in [6, 6.07) is 14.4. The van der Waals surface area contributed by atoms with Gasteiger partial charge in [0.25, 0.3) is 0 Å². The number of amides is 3. The monoisotopic (exact) mass is 438 g/mol. The zero-order valence-corrected chi connectivity index (χ0v) is 18.5. The number of piperidine rings is 1. The van der Waals surface area contributed by atoms with Gasteiger partial charge in [-0.3, -0.25) is 14.4 Å². The lowest BCUT2D eigenvalue weighted by Crippen LogP contribution is -2.39. The molecule has 1 aliphatic rings. The molecule has 8 heteroatoms. The topological polar surface area (TPSA) is 114 Å². The van der Waals surface area contributed by atoms with E-state index >= 15 is 0 Å². The maximum Gasteiger partial charge on any atom is 0.226 e. The molecule has 0 saturated carbocycles. The summed E-state index contributed by atoms with van der Waals surface area (Å²) in [5.41, 5.74) is 7.87. The molecule has 0 aliphatic carbocycles. The Bertz CT molecular complexity index is 953. The largest absolute Gasteiger partial charge is 0.497 e. The highest BCUT2D eigenvalue weighted by molar-refractivity contribution is 5.95. The van der Waals surface area contributed by atoms with Crippen LogP contribution in [0.3, 0.4) is 0 Å². The van der Waals surface area contributed by atoms with Crippen LogP contribution in [0.2, 0.25) is 0 Å². The first-order chi connectivity index (χ1) is 15.4. The number of anilines is 2. The van der Waals surface area contributed by atoms with Crippen molar-refractivity contribution in [3.8, 4) is 5.75 Å². The molecule has 0 radical (unpaired) electrons. The van der Waals surface area contributed by atoms with E-state index in [0.29, 0.717) is 37.4 Å². The summed E-state index contributed by atoms with van der Waals surface area (Å²) >= 11 is 0. The summed E-state index contributed by atoms with van der Waals surface area (Å²) < 4.78 is 5.18. The standard InChI is InChI=1S/C24H30N4O4/c1-16(29)26-21(17-7-9-19(32-2)10-8-17)15-23(30)27-20-5-3-4-6-22(20)28-13-11-18(12-14-28)24(25)31/h3-10,18,21H,11-15H2,1-2H3,(H2,25,31)(H,26,29)(H,27,30). The lowest BCUT2D eigenvalue weighted by molar-refractivity contribution is -0.122. The van der Waals surface area contributed by atoms with Crippen molar-refractivity contribution in [1.29, 1.82) is 0 Å². The molecule has 1 unspecified atom stereocenters. The van der Waals surface area contributed by atoms with E-state index in [1.165, 1.54) is 6.92 Å². The Labute approximate surface area is 188 Å². The van der Waals surface area contributed by atoms with E-state index < -0.39 is 6.04 Å². The minimum Gasteiger partial charge on any atom is -0.497 e. The number of hydrogen-bond donors (Lipinski definition) is 3. The lowest BCUT2D eigenvalue weighted by Gasteiger charge is -2.33. The third kappa shape index (κ3) is 6.00. The third-order valence-corrected chi connectivity index (χ3v) is 5.70. The van der Waals surface area contributed by atoms with Crippen LogP contribution in [0.15, 0.2) is 48.5 Å². The van der Waals surface area contributed by atoms with Crippen molar-refractivity contribution in [3.63, 3.8) is 0 Å². The lowest BCUT2D eigenvalue weighted by atomic mass is 9.96. The fourth-order valence-electron chi connectivity index (χ4n) is 3.98. The summed E-state index contributed by atoms with van der Waals surface area (Å²) in [6.45, 7) is 2.82. The summed E-state index contributed by atoms with van der Waals surface area (Å²) in [4.78, 5) is 38.2. The smallest absolute Gasteiger partial charge is 0.226 e. The summed E-state index contributed by atoms with van der Waals surface area (Å²) in [6.07, 6.45) is 1.48. The molecule has 3 amide bonds. The molecule has 1 atom stereocenters. The van der Waals surface area contributed by atoms with E-state index in [-0.39, 0.29) is 30.1 Å². The quantitative estimate of drug-likeness (QED) is 0.586. The normalized spacial score (nSPS) is 15.0. The average molecular weight is 439 g/mol. The van der Waals surface area contributed by atoms with Crippen molar-refractivity contribution in [2.24, 2.45) is 11.7 Å². The molecular formula is C24H30N4O4. The predicted molar refractivity (Wildman–Crippen MR) is 123 cm³/mol. The molecule has 1 fully saturated rings. The maximum atomic E-state index is 12.9. The predicted octanol–water partition coefficient (Wildman–Crippen LogP) is 2.60. The first kappa shape index (κ1) is 23.1. The number of carbonyl (C=O) groups excluding carboxylic acids is 3. The van der Waals surface area contributed by atoms with Crippen LogP contribution in [-0.2, 0) is 14.4 Å². The van der Waals surface area contributed by atoms with Crippen molar-refractivity contribution < 1.29 is 19.1 Å². The van der Waals surface area contributed by atoms with Gasteiger partial charge in [-0.2, -0.15) is 0 Å². The third-order valence-electron chi connectivity index (χ3n) is 5.70. The van der Waals surface area contributed by atoms with E-state index in [9.17, 15) is 14.4 Å². The second-order valence-corrected chi connectivity index (χ2v) is 7.96. The van der Waals surface area contributed by atoms with Gasteiger partial charge in [-0.15, -0.1) is 0 Å². The van der Waals surface area contributed by atoms with Crippen LogP contribution in [0.1, 0.15) is 37.8 Å². The number of benzene rings is 2. The van der Waals surface area contributed by atoms with Crippen LogP contribution >= 0.6 is 0 Å². The molecule has 32 heavy (non-hydrogen) atoms. The molecular weight excluding hydrogens is 408 g/mol. The first-order valence-electron chi connectivity index (χ1n) is 10.7. The number of nitrogens with one attached hydrogen (secondary N) is 2. The van der Waals surface area contributed by atoms with Crippen LogP contribution < -0.4 is 26.0 Å². The number of hydrogen-bond acceptors (Lipinski definition) is 5. The van der Waals surface area contributed by atoms with Crippen molar-refractivity contribution in [2.75, 3.05) is 30.4 Å². The number of para-hydroxylation sites is 2. The SMILES string of the molecule is COc1ccc(C(CC(=O)Nc2ccccc2N2CCC(C(N)=O)CC2)NC(C)=O)cc1. The minimum absolute atomic E-state index is 0.0873. The second-order valence-electron chi connectivity index (χ2n) is 7.96. The molecule has 0 aromatic heterocycles. The molecule has 0 bridgehead atoms. The van der Waals surface area contributed by atoms with Gasteiger partial charge < -0.3 is 26.0 Å². The molecule has 0 spiro atoms. The number of carbonyl (C=O) groups is 3. The number of nitrogens with two attached hydrogens (primary N) is 1. The number of ether oxygens (including phenoxy) is 1. The van der Waals surface area contributed by atoms with Crippen LogP contribution in [0.4, 0.5) is 11.4 Å². The molecule has 2 aromatic carbocycles. The van der Waals surface area contributed by atoms with Crippen LogP contribution in [-0.4, -0.2) is 37.9 Å². The van der Waals surface area contributed by atoms with Crippen molar-refractivity contribution in [2.45, 2.75) is 32.2 Å². The highest BCUT2D eigenvalue weighted by atomic mass is 16.5. The van der Waals surface area contributed by atoms with Crippen LogP contribution in [0.5, 0.6) is 5.75 Å². The van der Waals surface area contributed by atoms with Gasteiger partial charge in [0.05, 0.1) is 30.9 Å². The van der Waals surface area contributed by atoms with Gasteiger partial charge in [0, 0.05) is 25.9 Å². The van der Waals surface area contributed by atoms with E-state index in [1.807, 2.05) is 36.4 Å². The Morgan fingerprint density at radius 1 is 1.09 bits per heavy atom. The van der Waals surface area contributed by atoms with Gasteiger partial charge in [-0.05, 0) is 42.7 Å². The molecule has 1 aliphatic heterocycles. The summed E-state index contributed by atoms with van der Waals surface area (Å²) in [5.74, 6) is -0.0751. The zero-order valence-electron chi connectivity index (χ0n) is 18.5. The molecule has 170 valence electrons. The Kier molecular flexibility index (Phi) is 7.70. The molecule has 1 heterocycles. The maximum absolute atomic E-state index is 12.9. The van der Waals surface area contributed by atoms with Crippen molar-refractivity contribution in [1.82, 2.24) is 5.32 Å². The zero-order chi connectivity index (χ0) is 23.1. The van der Waals surface area contributed by atoms with E-state index in [4.69, 9.17) is 10.5 Å². The fraction of sp³-hybridized carbons (Fsp3) is 0.375. The highest BCUT2D eigenvalue weighted by Crippen LogP contribution is 2.30. The van der Waals surface area contributed by atoms with Crippen molar-refractivity contribution >= 4 is 29.1 Å². The molecule has 4 N–H and O–H groups in total. The van der Waals surface area contributed by atoms with E-state index in [1.54, 1.807) is 19.2 Å². The first-order valence-corrected chi connectivity index (χ1v) is 10.7. The number of nitrogens with zero attached hydrogens (tertiary/aromatic N) is 1. The van der Waals surface area contributed by atoms with Crippen LogP contribution in [0.25, 0.3) is 0 Å². The van der Waals surface area contributed by atoms with Crippen molar-refractivity contribution in [3.05, 3.63) is 54.1 Å². The van der Waals surface area contributed by atoms with Gasteiger partial charge in [-0.1, -0.05) is 24.3 Å². The molecule has 8 nitrogen and oxygen atoms in total.